The highest BCUT2D eigenvalue weighted by Crippen LogP contribution is 2.34. The van der Waals surface area contributed by atoms with Crippen LogP contribution in [-0.2, 0) is 16.4 Å². The first-order valence-electron chi connectivity index (χ1n) is 7.86. The van der Waals surface area contributed by atoms with Crippen LogP contribution >= 0.6 is 0 Å². The summed E-state index contributed by atoms with van der Waals surface area (Å²) in [6.45, 7) is 3.48. The Morgan fingerprint density at radius 3 is 2.60 bits per heavy atom. The highest BCUT2D eigenvalue weighted by atomic mass is 32.2. The van der Waals surface area contributed by atoms with Gasteiger partial charge in [-0.15, -0.1) is 0 Å². The number of carbonyl (C=O) groups is 1. The molecule has 1 aliphatic heterocycles. The van der Waals surface area contributed by atoms with E-state index in [-0.39, 0.29) is 17.8 Å². The molecule has 1 heterocycles. The van der Waals surface area contributed by atoms with E-state index in [0.29, 0.717) is 28.9 Å². The van der Waals surface area contributed by atoms with Crippen LogP contribution in [0.2, 0.25) is 0 Å². The van der Waals surface area contributed by atoms with Crippen LogP contribution in [-0.4, -0.2) is 26.6 Å². The van der Waals surface area contributed by atoms with Crippen LogP contribution in [0.5, 0.6) is 0 Å². The van der Waals surface area contributed by atoms with Crippen molar-refractivity contribution in [2.45, 2.75) is 26.3 Å². The maximum Gasteiger partial charge on any atom is 0.255 e. The number of rotatable bonds is 3. The van der Waals surface area contributed by atoms with Crippen LogP contribution in [0.4, 0.5) is 15.8 Å². The molecular formula is C18H19FN2O3S. The van der Waals surface area contributed by atoms with Crippen molar-refractivity contribution in [2.75, 3.05) is 15.9 Å². The first-order valence-corrected chi connectivity index (χ1v) is 9.71. The molecule has 1 atom stereocenters. The summed E-state index contributed by atoms with van der Waals surface area (Å²) < 4.78 is 38.8. The lowest BCUT2D eigenvalue weighted by molar-refractivity contribution is 0.102. The topological polar surface area (TPSA) is 66.5 Å². The minimum atomic E-state index is -3.36. The number of carbonyl (C=O) groups excluding carboxylic acids is 1. The summed E-state index contributed by atoms with van der Waals surface area (Å²) in [4.78, 5) is 12.4. The standard InChI is InChI=1S/C18H19FN2O3S/c1-11-4-6-15(10-16(11)19)20-18(22)13-5-7-17-14(9-13)8-12(2)21(17)25(3,23)24/h4-7,9-10,12H,8H2,1-3H3,(H,20,22). The molecular weight excluding hydrogens is 343 g/mol. The number of sulfonamides is 1. The quantitative estimate of drug-likeness (QED) is 0.912. The van der Waals surface area contributed by atoms with Crippen molar-refractivity contribution in [1.82, 2.24) is 0 Å². The van der Waals surface area contributed by atoms with Gasteiger partial charge in [-0.2, -0.15) is 0 Å². The second-order valence-corrected chi connectivity index (χ2v) is 8.23. The van der Waals surface area contributed by atoms with Crippen LogP contribution in [0, 0.1) is 12.7 Å². The summed E-state index contributed by atoms with van der Waals surface area (Å²) in [7, 11) is -3.36. The predicted octanol–water partition coefficient (Wildman–Crippen LogP) is 3.10. The lowest BCUT2D eigenvalue weighted by Crippen LogP contribution is -2.34. The third-order valence-corrected chi connectivity index (χ3v) is 5.55. The molecule has 0 spiro atoms. The summed E-state index contributed by atoms with van der Waals surface area (Å²) in [5, 5.41) is 2.66. The van der Waals surface area contributed by atoms with Gasteiger partial charge in [-0.25, -0.2) is 12.8 Å². The molecule has 5 nitrogen and oxygen atoms in total. The van der Waals surface area contributed by atoms with Gasteiger partial charge in [0.15, 0.2) is 0 Å². The molecule has 0 aliphatic carbocycles. The van der Waals surface area contributed by atoms with Gasteiger partial charge in [-0.05, 0) is 61.7 Å². The first-order chi connectivity index (χ1) is 11.7. The maximum atomic E-state index is 13.6. The number of benzene rings is 2. The van der Waals surface area contributed by atoms with E-state index in [4.69, 9.17) is 0 Å². The highest BCUT2D eigenvalue weighted by Gasteiger charge is 2.32. The Labute approximate surface area is 146 Å². The summed E-state index contributed by atoms with van der Waals surface area (Å²) in [5.41, 5.74) is 2.70. The molecule has 2 aromatic rings. The van der Waals surface area contributed by atoms with E-state index in [1.165, 1.54) is 16.6 Å². The van der Waals surface area contributed by atoms with E-state index in [1.807, 2.05) is 6.92 Å². The van der Waals surface area contributed by atoms with Gasteiger partial charge in [0.25, 0.3) is 5.91 Å². The maximum absolute atomic E-state index is 13.6. The molecule has 0 fully saturated rings. The van der Waals surface area contributed by atoms with Crippen molar-refractivity contribution in [2.24, 2.45) is 0 Å². The zero-order chi connectivity index (χ0) is 18.4. The van der Waals surface area contributed by atoms with Gasteiger partial charge < -0.3 is 5.32 Å². The number of amides is 1. The third kappa shape index (κ3) is 3.37. The molecule has 1 amide bonds. The fourth-order valence-corrected chi connectivity index (χ4v) is 4.39. The van der Waals surface area contributed by atoms with E-state index in [2.05, 4.69) is 5.32 Å². The van der Waals surface area contributed by atoms with Gasteiger partial charge in [-0.3, -0.25) is 9.10 Å². The molecule has 0 saturated heterocycles. The average molecular weight is 362 g/mol. The smallest absolute Gasteiger partial charge is 0.255 e. The second-order valence-electron chi connectivity index (χ2n) is 6.37. The molecule has 1 aliphatic rings. The number of aryl methyl sites for hydroxylation is 1. The second kappa shape index (κ2) is 6.15. The van der Waals surface area contributed by atoms with Crippen LogP contribution in [0.1, 0.15) is 28.4 Å². The van der Waals surface area contributed by atoms with Crippen LogP contribution in [0.25, 0.3) is 0 Å². The minimum Gasteiger partial charge on any atom is -0.322 e. The molecule has 0 saturated carbocycles. The number of nitrogens with one attached hydrogen (secondary N) is 1. The van der Waals surface area contributed by atoms with E-state index < -0.39 is 10.0 Å². The fourth-order valence-electron chi connectivity index (χ4n) is 3.12. The predicted molar refractivity (Wildman–Crippen MR) is 96.0 cm³/mol. The lowest BCUT2D eigenvalue weighted by atomic mass is 10.1. The van der Waals surface area contributed by atoms with E-state index in [9.17, 15) is 17.6 Å². The van der Waals surface area contributed by atoms with Gasteiger partial charge >= 0.3 is 0 Å². The Bertz CT molecular complexity index is 957. The minimum absolute atomic E-state index is 0.186. The number of halogens is 1. The number of hydrogen-bond acceptors (Lipinski definition) is 3. The van der Waals surface area contributed by atoms with E-state index in [0.717, 1.165) is 5.56 Å². The molecule has 25 heavy (non-hydrogen) atoms. The number of fused-ring (bicyclic) bond motifs is 1. The van der Waals surface area contributed by atoms with Crippen molar-refractivity contribution in [1.29, 1.82) is 0 Å². The highest BCUT2D eigenvalue weighted by molar-refractivity contribution is 7.92. The van der Waals surface area contributed by atoms with Gasteiger partial charge in [-0.1, -0.05) is 6.07 Å². The lowest BCUT2D eigenvalue weighted by Gasteiger charge is -2.21. The number of hydrogen-bond donors (Lipinski definition) is 1. The Morgan fingerprint density at radius 1 is 1.24 bits per heavy atom. The molecule has 132 valence electrons. The molecule has 0 radical (unpaired) electrons. The van der Waals surface area contributed by atoms with Crippen molar-refractivity contribution in [3.05, 3.63) is 58.9 Å². The molecule has 0 bridgehead atoms. The Hall–Kier alpha value is -2.41. The van der Waals surface area contributed by atoms with Crippen molar-refractivity contribution in [3.8, 4) is 0 Å². The number of anilines is 2. The van der Waals surface area contributed by atoms with E-state index in [1.54, 1.807) is 37.3 Å². The largest absolute Gasteiger partial charge is 0.322 e. The van der Waals surface area contributed by atoms with Crippen molar-refractivity contribution < 1.29 is 17.6 Å². The first kappa shape index (κ1) is 17.4. The molecule has 7 heteroatoms. The average Bonchev–Trinajstić information content (AvgIpc) is 2.85. The Kier molecular flexibility index (Phi) is 4.28. The summed E-state index contributed by atoms with van der Waals surface area (Å²) in [6.07, 6.45) is 1.72. The molecule has 2 aromatic carbocycles. The van der Waals surface area contributed by atoms with E-state index >= 15 is 0 Å². The van der Waals surface area contributed by atoms with Crippen LogP contribution < -0.4 is 9.62 Å². The fraction of sp³-hybridized carbons (Fsp3) is 0.278. The normalized spacial score (nSPS) is 16.6. The van der Waals surface area contributed by atoms with Gasteiger partial charge in [0.2, 0.25) is 10.0 Å². The molecule has 0 aromatic heterocycles. The van der Waals surface area contributed by atoms with Crippen LogP contribution in [0.15, 0.2) is 36.4 Å². The zero-order valence-corrected chi connectivity index (χ0v) is 15.0. The molecule has 3 rings (SSSR count). The monoisotopic (exact) mass is 362 g/mol. The SMILES string of the molecule is Cc1ccc(NC(=O)c2ccc3c(c2)CC(C)N3S(C)(=O)=O)cc1F. The summed E-state index contributed by atoms with van der Waals surface area (Å²) in [5.74, 6) is -0.749. The summed E-state index contributed by atoms with van der Waals surface area (Å²) >= 11 is 0. The molecule has 1 N–H and O–H groups in total. The van der Waals surface area contributed by atoms with Crippen molar-refractivity contribution in [3.63, 3.8) is 0 Å². The number of nitrogens with zero attached hydrogens (tertiary/aromatic N) is 1. The third-order valence-electron chi connectivity index (χ3n) is 4.28. The van der Waals surface area contributed by atoms with Gasteiger partial charge in [0.1, 0.15) is 5.82 Å². The van der Waals surface area contributed by atoms with Gasteiger partial charge in [0, 0.05) is 17.3 Å². The van der Waals surface area contributed by atoms with Gasteiger partial charge in [0.05, 0.1) is 11.9 Å². The Balaban J connectivity index is 1.86. The molecule has 1 unspecified atom stereocenters. The zero-order valence-electron chi connectivity index (χ0n) is 14.2. The summed E-state index contributed by atoms with van der Waals surface area (Å²) in [6, 6.07) is 9.23. The Morgan fingerprint density at radius 2 is 1.96 bits per heavy atom. The van der Waals surface area contributed by atoms with Crippen molar-refractivity contribution >= 4 is 27.3 Å². The van der Waals surface area contributed by atoms with Crippen LogP contribution in [0.3, 0.4) is 0 Å².